The smallest absolute Gasteiger partial charge is 0.335 e. The Labute approximate surface area is 109 Å². The summed E-state index contributed by atoms with van der Waals surface area (Å²) in [5, 5.41) is 29.4. The van der Waals surface area contributed by atoms with Crippen LogP contribution >= 0.6 is 0 Å². The molecule has 0 fully saturated rings. The number of rotatable bonds is 6. The lowest BCUT2D eigenvalue weighted by Gasteiger charge is -2.21. The van der Waals surface area contributed by atoms with Gasteiger partial charge in [-0.15, -0.1) is 0 Å². The summed E-state index contributed by atoms with van der Waals surface area (Å²) in [6.07, 6.45) is 0.425. The molecule has 1 aromatic carbocycles. The Bertz CT molecular complexity index is 497. The molecule has 7 heteroatoms. The van der Waals surface area contributed by atoms with Gasteiger partial charge in [0.15, 0.2) is 5.75 Å². The number of nitro groups is 1. The van der Waals surface area contributed by atoms with Gasteiger partial charge in [0, 0.05) is 6.07 Å². The minimum Gasteiger partial charge on any atom is -0.484 e. The van der Waals surface area contributed by atoms with Crippen LogP contribution in [0.25, 0.3) is 0 Å². The van der Waals surface area contributed by atoms with Crippen LogP contribution in [0.3, 0.4) is 0 Å². The lowest BCUT2D eigenvalue weighted by Crippen LogP contribution is -2.31. The summed E-state index contributed by atoms with van der Waals surface area (Å²) in [6, 6.07) is 3.36. The summed E-state index contributed by atoms with van der Waals surface area (Å²) >= 11 is 0. The molecule has 1 aromatic rings. The zero-order chi connectivity index (χ0) is 14.6. The van der Waals surface area contributed by atoms with Gasteiger partial charge in [0.1, 0.15) is 6.61 Å². The van der Waals surface area contributed by atoms with E-state index in [-0.39, 0.29) is 17.9 Å². The van der Waals surface area contributed by atoms with Crippen molar-refractivity contribution in [2.24, 2.45) is 0 Å². The SMILES string of the molecule is CCC(C)(O)COc1ccc(C(=O)O)cc1[N+](=O)[O-]. The molecule has 0 spiro atoms. The highest BCUT2D eigenvalue weighted by Crippen LogP contribution is 2.29. The van der Waals surface area contributed by atoms with Gasteiger partial charge in [0.25, 0.3) is 0 Å². The Kier molecular flexibility index (Phi) is 4.44. The van der Waals surface area contributed by atoms with Gasteiger partial charge in [0.05, 0.1) is 16.1 Å². The van der Waals surface area contributed by atoms with Crippen LogP contribution in [0.4, 0.5) is 5.69 Å². The van der Waals surface area contributed by atoms with Crippen LogP contribution < -0.4 is 4.74 Å². The normalized spacial score (nSPS) is 13.6. The topological polar surface area (TPSA) is 110 Å². The van der Waals surface area contributed by atoms with Crippen LogP contribution in [0.1, 0.15) is 30.6 Å². The Morgan fingerprint density at radius 3 is 2.63 bits per heavy atom. The van der Waals surface area contributed by atoms with Gasteiger partial charge in [0.2, 0.25) is 0 Å². The highest BCUT2D eigenvalue weighted by Gasteiger charge is 2.23. The number of carboxylic acid groups (broad SMARTS) is 1. The van der Waals surface area contributed by atoms with Crippen LogP contribution in [-0.2, 0) is 0 Å². The van der Waals surface area contributed by atoms with Gasteiger partial charge < -0.3 is 14.9 Å². The molecule has 2 N–H and O–H groups in total. The predicted octanol–water partition coefficient (Wildman–Crippen LogP) is 1.83. The van der Waals surface area contributed by atoms with E-state index < -0.39 is 22.2 Å². The molecule has 0 saturated carbocycles. The third-order valence-corrected chi connectivity index (χ3v) is 2.70. The van der Waals surface area contributed by atoms with Crippen molar-refractivity contribution in [2.75, 3.05) is 6.61 Å². The van der Waals surface area contributed by atoms with E-state index in [1.54, 1.807) is 13.8 Å². The first kappa shape index (κ1) is 14.9. The van der Waals surface area contributed by atoms with E-state index >= 15 is 0 Å². The number of carbonyl (C=O) groups is 1. The Hall–Kier alpha value is -2.15. The number of aliphatic hydroxyl groups is 1. The fraction of sp³-hybridized carbons (Fsp3) is 0.417. The molecule has 0 aliphatic heterocycles. The number of nitrogens with zero attached hydrogens (tertiary/aromatic N) is 1. The Morgan fingerprint density at radius 2 is 2.16 bits per heavy atom. The quantitative estimate of drug-likeness (QED) is 0.602. The molecule has 0 bridgehead atoms. The van der Waals surface area contributed by atoms with Gasteiger partial charge in [-0.3, -0.25) is 10.1 Å². The number of nitro benzene ring substituents is 1. The lowest BCUT2D eigenvalue weighted by atomic mass is 10.1. The van der Waals surface area contributed by atoms with Crippen molar-refractivity contribution in [3.63, 3.8) is 0 Å². The fourth-order valence-electron chi connectivity index (χ4n) is 1.25. The first-order valence-electron chi connectivity index (χ1n) is 5.64. The molecule has 0 saturated heterocycles. The molecule has 0 aliphatic rings. The van der Waals surface area contributed by atoms with Crippen LogP contribution in [0.2, 0.25) is 0 Å². The minimum atomic E-state index is -1.25. The van der Waals surface area contributed by atoms with E-state index in [4.69, 9.17) is 9.84 Å². The van der Waals surface area contributed by atoms with Gasteiger partial charge in [-0.2, -0.15) is 0 Å². The van der Waals surface area contributed by atoms with Crippen molar-refractivity contribution >= 4 is 11.7 Å². The summed E-state index contributed by atoms with van der Waals surface area (Å²) in [5.74, 6) is -1.32. The third-order valence-electron chi connectivity index (χ3n) is 2.70. The summed E-state index contributed by atoms with van der Waals surface area (Å²) in [5.41, 5.74) is -1.73. The molecule has 1 unspecified atom stereocenters. The average Bonchev–Trinajstić information content (AvgIpc) is 2.36. The molecule has 1 rings (SSSR count). The molecule has 0 aromatic heterocycles. The molecular weight excluding hydrogens is 254 g/mol. The molecule has 19 heavy (non-hydrogen) atoms. The average molecular weight is 269 g/mol. The second kappa shape index (κ2) is 5.66. The number of carboxylic acids is 1. The minimum absolute atomic E-state index is 0.0660. The largest absolute Gasteiger partial charge is 0.484 e. The monoisotopic (exact) mass is 269 g/mol. The van der Waals surface area contributed by atoms with Crippen molar-refractivity contribution in [1.82, 2.24) is 0 Å². The highest BCUT2D eigenvalue weighted by molar-refractivity contribution is 5.88. The molecule has 0 amide bonds. The molecule has 7 nitrogen and oxygen atoms in total. The number of benzene rings is 1. The van der Waals surface area contributed by atoms with Crippen LogP contribution in [0, 0.1) is 10.1 Å². The predicted molar refractivity (Wildman–Crippen MR) is 66.5 cm³/mol. The zero-order valence-electron chi connectivity index (χ0n) is 10.6. The highest BCUT2D eigenvalue weighted by atomic mass is 16.6. The molecule has 0 radical (unpaired) electrons. The van der Waals surface area contributed by atoms with Crippen LogP contribution in [0.15, 0.2) is 18.2 Å². The second-order valence-electron chi connectivity index (χ2n) is 4.38. The number of hydrogen-bond donors (Lipinski definition) is 2. The maximum absolute atomic E-state index is 10.9. The van der Waals surface area contributed by atoms with Crippen molar-refractivity contribution in [3.8, 4) is 5.75 Å². The van der Waals surface area contributed by atoms with E-state index in [1.165, 1.54) is 12.1 Å². The lowest BCUT2D eigenvalue weighted by molar-refractivity contribution is -0.386. The molecular formula is C12H15NO6. The van der Waals surface area contributed by atoms with Gasteiger partial charge in [-0.05, 0) is 25.5 Å². The third kappa shape index (κ3) is 3.92. The summed E-state index contributed by atoms with van der Waals surface area (Å²) in [6.45, 7) is 3.19. The zero-order valence-corrected chi connectivity index (χ0v) is 10.6. The number of aromatic carboxylic acids is 1. The maximum atomic E-state index is 10.9. The molecule has 104 valence electrons. The van der Waals surface area contributed by atoms with Gasteiger partial charge in [-0.1, -0.05) is 6.92 Å². The molecule has 0 heterocycles. The second-order valence-corrected chi connectivity index (χ2v) is 4.38. The van der Waals surface area contributed by atoms with E-state index in [1.807, 2.05) is 0 Å². The van der Waals surface area contributed by atoms with E-state index in [9.17, 15) is 20.0 Å². The number of hydrogen-bond acceptors (Lipinski definition) is 5. The van der Waals surface area contributed by atoms with Crippen molar-refractivity contribution in [3.05, 3.63) is 33.9 Å². The van der Waals surface area contributed by atoms with Crippen LogP contribution in [-0.4, -0.2) is 33.3 Å². The molecule has 0 aliphatic carbocycles. The standard InChI is InChI=1S/C12H15NO6/c1-3-12(2,16)7-19-10-5-4-8(11(14)15)6-9(10)13(17)18/h4-6,16H,3,7H2,1-2H3,(H,14,15). The molecule has 1 atom stereocenters. The van der Waals surface area contributed by atoms with E-state index in [0.717, 1.165) is 6.07 Å². The number of ether oxygens (including phenoxy) is 1. The van der Waals surface area contributed by atoms with Gasteiger partial charge >= 0.3 is 11.7 Å². The Morgan fingerprint density at radius 1 is 1.53 bits per heavy atom. The summed E-state index contributed by atoms with van der Waals surface area (Å²) in [4.78, 5) is 20.9. The fourth-order valence-corrected chi connectivity index (χ4v) is 1.25. The van der Waals surface area contributed by atoms with E-state index in [2.05, 4.69) is 0 Å². The summed E-state index contributed by atoms with van der Waals surface area (Å²) in [7, 11) is 0. The van der Waals surface area contributed by atoms with Crippen molar-refractivity contribution < 1.29 is 24.7 Å². The first-order chi connectivity index (χ1) is 8.76. The van der Waals surface area contributed by atoms with Crippen LogP contribution in [0.5, 0.6) is 5.75 Å². The van der Waals surface area contributed by atoms with Crippen molar-refractivity contribution in [1.29, 1.82) is 0 Å². The Balaban J connectivity index is 3.01. The summed E-state index contributed by atoms with van der Waals surface area (Å²) < 4.78 is 5.20. The maximum Gasteiger partial charge on any atom is 0.335 e. The first-order valence-corrected chi connectivity index (χ1v) is 5.64. The van der Waals surface area contributed by atoms with Gasteiger partial charge in [-0.25, -0.2) is 4.79 Å². The van der Waals surface area contributed by atoms with Crippen molar-refractivity contribution in [2.45, 2.75) is 25.9 Å². The van der Waals surface area contributed by atoms with E-state index in [0.29, 0.717) is 6.42 Å².